The molecule has 0 radical (unpaired) electrons. The molecule has 0 bridgehead atoms. The van der Waals surface area contributed by atoms with E-state index < -0.39 is 0 Å². The molecular weight excluding hydrogens is 226 g/mol. The highest BCUT2D eigenvalue weighted by molar-refractivity contribution is 5.76. The zero-order chi connectivity index (χ0) is 13.1. The van der Waals surface area contributed by atoms with Crippen LogP contribution in [-0.4, -0.2) is 18.1 Å². The number of hydrogen-bond acceptors (Lipinski definition) is 3. The quantitative estimate of drug-likeness (QED) is 0.833. The lowest BCUT2D eigenvalue weighted by atomic mass is 9.96. The van der Waals surface area contributed by atoms with E-state index >= 15 is 0 Å². The molecule has 0 fully saturated rings. The van der Waals surface area contributed by atoms with Gasteiger partial charge in [-0.05, 0) is 30.4 Å². The zero-order valence-electron chi connectivity index (χ0n) is 11.3. The van der Waals surface area contributed by atoms with Gasteiger partial charge < -0.3 is 10.1 Å². The molecule has 2 atom stereocenters. The van der Waals surface area contributed by atoms with Crippen LogP contribution in [0.1, 0.15) is 31.9 Å². The largest absolute Gasteiger partial charge is 0.461 e. The van der Waals surface area contributed by atoms with Gasteiger partial charge in [0.15, 0.2) is 0 Å². The van der Waals surface area contributed by atoms with Crippen LogP contribution in [0, 0.1) is 5.92 Å². The second-order valence-corrected chi connectivity index (χ2v) is 5.29. The number of rotatable bonds is 3. The van der Waals surface area contributed by atoms with Gasteiger partial charge in [-0.2, -0.15) is 0 Å². The van der Waals surface area contributed by atoms with Crippen molar-refractivity contribution in [3.63, 3.8) is 0 Å². The SMILES string of the molecule is CC(C)C(C)OC(=O)C1Cc2ccccc2CN1. The molecule has 1 heterocycles. The molecule has 3 heteroatoms. The molecule has 18 heavy (non-hydrogen) atoms. The van der Waals surface area contributed by atoms with Crippen molar-refractivity contribution in [3.05, 3.63) is 35.4 Å². The summed E-state index contributed by atoms with van der Waals surface area (Å²) in [4.78, 5) is 12.0. The minimum absolute atomic E-state index is 0.0310. The van der Waals surface area contributed by atoms with Crippen LogP contribution in [0.5, 0.6) is 0 Å². The van der Waals surface area contributed by atoms with Gasteiger partial charge >= 0.3 is 5.97 Å². The fraction of sp³-hybridized carbons (Fsp3) is 0.533. The number of carbonyl (C=O) groups excluding carboxylic acids is 1. The first-order valence-electron chi connectivity index (χ1n) is 6.58. The minimum Gasteiger partial charge on any atom is -0.461 e. The van der Waals surface area contributed by atoms with E-state index in [0.717, 1.165) is 13.0 Å². The van der Waals surface area contributed by atoms with E-state index in [1.165, 1.54) is 11.1 Å². The highest BCUT2D eigenvalue weighted by atomic mass is 16.5. The van der Waals surface area contributed by atoms with Gasteiger partial charge in [-0.15, -0.1) is 0 Å². The fourth-order valence-corrected chi connectivity index (χ4v) is 2.02. The molecule has 2 rings (SSSR count). The Hall–Kier alpha value is -1.35. The Bertz CT molecular complexity index is 428. The molecule has 2 unspecified atom stereocenters. The van der Waals surface area contributed by atoms with E-state index in [2.05, 4.69) is 31.3 Å². The van der Waals surface area contributed by atoms with Crippen molar-refractivity contribution in [1.29, 1.82) is 0 Å². The van der Waals surface area contributed by atoms with Crippen molar-refractivity contribution in [2.24, 2.45) is 5.92 Å². The number of hydrogen-bond donors (Lipinski definition) is 1. The van der Waals surface area contributed by atoms with Crippen molar-refractivity contribution < 1.29 is 9.53 Å². The molecule has 0 amide bonds. The lowest BCUT2D eigenvalue weighted by molar-refractivity contribution is -0.153. The van der Waals surface area contributed by atoms with Crippen molar-refractivity contribution in [2.45, 2.75) is 45.9 Å². The first-order valence-corrected chi connectivity index (χ1v) is 6.58. The van der Waals surface area contributed by atoms with Gasteiger partial charge in [0.05, 0.1) is 0 Å². The summed E-state index contributed by atoms with van der Waals surface area (Å²) >= 11 is 0. The number of benzene rings is 1. The van der Waals surface area contributed by atoms with Gasteiger partial charge in [0.2, 0.25) is 0 Å². The second kappa shape index (κ2) is 5.53. The molecule has 98 valence electrons. The lowest BCUT2D eigenvalue weighted by Crippen LogP contribution is -2.44. The third-order valence-corrected chi connectivity index (χ3v) is 3.61. The van der Waals surface area contributed by atoms with Crippen LogP contribution >= 0.6 is 0 Å². The summed E-state index contributed by atoms with van der Waals surface area (Å²) in [5.74, 6) is 0.218. The van der Waals surface area contributed by atoms with Crippen LogP contribution < -0.4 is 5.32 Å². The second-order valence-electron chi connectivity index (χ2n) is 5.29. The highest BCUT2D eigenvalue weighted by Crippen LogP contribution is 2.17. The Balaban J connectivity index is 1.98. The molecule has 0 aromatic heterocycles. The average Bonchev–Trinajstić information content (AvgIpc) is 2.37. The van der Waals surface area contributed by atoms with Gasteiger partial charge in [-0.1, -0.05) is 38.1 Å². The van der Waals surface area contributed by atoms with Crippen LogP contribution in [0.4, 0.5) is 0 Å². The third kappa shape index (κ3) is 2.91. The molecule has 0 saturated heterocycles. The van der Waals surface area contributed by atoms with Crippen LogP contribution in [0.15, 0.2) is 24.3 Å². The molecule has 1 N–H and O–H groups in total. The molecule has 3 nitrogen and oxygen atoms in total. The lowest BCUT2D eigenvalue weighted by Gasteiger charge is -2.26. The average molecular weight is 247 g/mol. The number of nitrogens with one attached hydrogen (secondary N) is 1. The molecule has 1 aromatic rings. The first kappa shape index (κ1) is 13.1. The number of carbonyl (C=O) groups is 1. The fourth-order valence-electron chi connectivity index (χ4n) is 2.02. The maximum Gasteiger partial charge on any atom is 0.323 e. The molecule has 0 saturated carbocycles. The monoisotopic (exact) mass is 247 g/mol. The number of fused-ring (bicyclic) bond motifs is 1. The van der Waals surface area contributed by atoms with Crippen LogP contribution in [0.2, 0.25) is 0 Å². The Labute approximate surface area is 109 Å². The molecule has 1 aliphatic rings. The van der Waals surface area contributed by atoms with E-state index in [4.69, 9.17) is 4.74 Å². The summed E-state index contributed by atoms with van der Waals surface area (Å²) in [5, 5.41) is 3.24. The maximum absolute atomic E-state index is 12.0. The molecule has 0 spiro atoms. The first-order chi connectivity index (χ1) is 8.58. The van der Waals surface area contributed by atoms with E-state index in [-0.39, 0.29) is 18.1 Å². The van der Waals surface area contributed by atoms with Gasteiger partial charge in [0, 0.05) is 6.54 Å². The smallest absolute Gasteiger partial charge is 0.323 e. The Morgan fingerprint density at radius 1 is 1.28 bits per heavy atom. The Morgan fingerprint density at radius 2 is 1.94 bits per heavy atom. The summed E-state index contributed by atoms with van der Waals surface area (Å²) in [6.45, 7) is 6.80. The van der Waals surface area contributed by atoms with Crippen LogP contribution in [0.25, 0.3) is 0 Å². The summed E-state index contributed by atoms with van der Waals surface area (Å²) in [6.07, 6.45) is 0.691. The summed E-state index contributed by atoms with van der Waals surface area (Å²) in [6, 6.07) is 8.02. The van der Waals surface area contributed by atoms with Gasteiger partial charge in [-0.3, -0.25) is 4.79 Å². The summed E-state index contributed by atoms with van der Waals surface area (Å²) in [5.41, 5.74) is 2.52. The molecule has 1 aromatic carbocycles. The van der Waals surface area contributed by atoms with Gasteiger partial charge in [0.25, 0.3) is 0 Å². The zero-order valence-corrected chi connectivity index (χ0v) is 11.3. The highest BCUT2D eigenvalue weighted by Gasteiger charge is 2.26. The maximum atomic E-state index is 12.0. The van der Waals surface area contributed by atoms with Crippen molar-refractivity contribution in [3.8, 4) is 0 Å². The topological polar surface area (TPSA) is 38.3 Å². The van der Waals surface area contributed by atoms with E-state index in [1.54, 1.807) is 0 Å². The van der Waals surface area contributed by atoms with E-state index in [1.807, 2.05) is 19.1 Å². The Morgan fingerprint density at radius 3 is 2.61 bits per heavy atom. The number of ether oxygens (including phenoxy) is 1. The standard InChI is InChI=1S/C15H21NO2/c1-10(2)11(3)18-15(17)14-8-12-6-4-5-7-13(12)9-16-14/h4-7,10-11,14,16H,8-9H2,1-3H3. The summed E-state index contributed by atoms with van der Waals surface area (Å²) < 4.78 is 5.46. The molecular formula is C15H21NO2. The predicted octanol–water partition coefficient (Wildman–Crippen LogP) is 2.29. The van der Waals surface area contributed by atoms with Crippen LogP contribution in [-0.2, 0) is 22.5 Å². The minimum atomic E-state index is -0.207. The van der Waals surface area contributed by atoms with Crippen molar-refractivity contribution >= 4 is 5.97 Å². The van der Waals surface area contributed by atoms with Crippen molar-refractivity contribution in [1.82, 2.24) is 5.32 Å². The number of esters is 1. The van der Waals surface area contributed by atoms with Gasteiger partial charge in [0.1, 0.15) is 12.1 Å². The summed E-state index contributed by atoms with van der Waals surface area (Å²) in [7, 11) is 0. The Kier molecular flexibility index (Phi) is 4.02. The van der Waals surface area contributed by atoms with Crippen molar-refractivity contribution in [2.75, 3.05) is 0 Å². The van der Waals surface area contributed by atoms with Gasteiger partial charge in [-0.25, -0.2) is 0 Å². The molecule has 1 aliphatic heterocycles. The van der Waals surface area contributed by atoms with E-state index in [0.29, 0.717) is 5.92 Å². The third-order valence-electron chi connectivity index (χ3n) is 3.61. The normalized spacial score (nSPS) is 20.3. The molecule has 0 aliphatic carbocycles. The van der Waals surface area contributed by atoms with E-state index in [9.17, 15) is 4.79 Å². The van der Waals surface area contributed by atoms with Crippen LogP contribution in [0.3, 0.4) is 0 Å². The predicted molar refractivity (Wildman–Crippen MR) is 71.2 cm³/mol.